The topological polar surface area (TPSA) is 121 Å². The first kappa shape index (κ1) is 16.1. The monoisotopic (exact) mass is 280 g/mol. The third-order valence-electron chi connectivity index (χ3n) is 2.87. The van der Waals surface area contributed by atoms with Gasteiger partial charge in [0.25, 0.3) is 0 Å². The summed E-state index contributed by atoms with van der Waals surface area (Å²) in [6, 6.07) is 2.23. The van der Waals surface area contributed by atoms with E-state index in [0.29, 0.717) is 0 Å². The fourth-order valence-electron chi connectivity index (χ4n) is 2.13. The van der Waals surface area contributed by atoms with Crippen LogP contribution in [0.3, 0.4) is 0 Å². The van der Waals surface area contributed by atoms with Gasteiger partial charge >= 0.3 is 0 Å². The van der Waals surface area contributed by atoms with Gasteiger partial charge in [0.1, 0.15) is 0 Å². The van der Waals surface area contributed by atoms with Crippen LogP contribution in [0, 0.1) is 0 Å². The lowest BCUT2D eigenvalue weighted by atomic mass is 9.89. The highest BCUT2D eigenvalue weighted by Crippen LogP contribution is 2.23. The van der Waals surface area contributed by atoms with Crippen molar-refractivity contribution in [1.82, 2.24) is 0 Å². The summed E-state index contributed by atoms with van der Waals surface area (Å²) in [4.78, 5) is 22.2. The standard InChI is InChI=1S/C14H18O6/c1-7(15)5-11-9(13(17)18)3-4-10(14(19)20)12(11)6-8(2)16/h3-4,7-8,15-16H,5-6H2,1-2H3,(H,17,18)(H,19,20)/p-2. The summed E-state index contributed by atoms with van der Waals surface area (Å²) in [6.45, 7) is 2.91. The molecule has 1 aromatic carbocycles. The average molecular weight is 280 g/mol. The molecule has 2 N–H and O–H groups in total. The van der Waals surface area contributed by atoms with Gasteiger partial charge in [0.15, 0.2) is 0 Å². The van der Waals surface area contributed by atoms with Gasteiger partial charge in [0.05, 0.1) is 24.1 Å². The number of aromatic carboxylic acids is 2. The van der Waals surface area contributed by atoms with E-state index >= 15 is 0 Å². The van der Waals surface area contributed by atoms with Crippen molar-refractivity contribution in [3.05, 3.63) is 34.4 Å². The second-order valence-corrected chi connectivity index (χ2v) is 4.80. The number of carbonyl (C=O) groups excluding carboxylic acids is 2. The maximum Gasteiger partial charge on any atom is 0.0718 e. The molecule has 0 fully saturated rings. The Morgan fingerprint density at radius 1 is 0.950 bits per heavy atom. The number of carboxylic acid groups (broad SMARTS) is 2. The smallest absolute Gasteiger partial charge is 0.0718 e. The first-order chi connectivity index (χ1) is 9.23. The number of hydrogen-bond donors (Lipinski definition) is 2. The second-order valence-electron chi connectivity index (χ2n) is 4.80. The van der Waals surface area contributed by atoms with Crippen molar-refractivity contribution >= 4 is 11.9 Å². The molecular weight excluding hydrogens is 264 g/mol. The lowest BCUT2D eigenvalue weighted by Gasteiger charge is -2.21. The summed E-state index contributed by atoms with van der Waals surface area (Å²) in [5.74, 6) is -2.92. The molecular formula is C14H16O6-2. The normalized spacial score (nSPS) is 13.8. The Kier molecular flexibility index (Phi) is 5.24. The summed E-state index contributed by atoms with van der Waals surface area (Å²) in [5, 5.41) is 41.1. The summed E-state index contributed by atoms with van der Waals surface area (Å²) in [6.07, 6.45) is -1.82. The van der Waals surface area contributed by atoms with E-state index < -0.39 is 24.1 Å². The molecule has 0 aromatic heterocycles. The molecule has 0 radical (unpaired) electrons. The van der Waals surface area contributed by atoms with Gasteiger partial charge in [-0.3, -0.25) is 0 Å². The molecule has 0 saturated heterocycles. The van der Waals surface area contributed by atoms with Crippen molar-refractivity contribution in [2.75, 3.05) is 0 Å². The minimum Gasteiger partial charge on any atom is -0.545 e. The first-order valence-corrected chi connectivity index (χ1v) is 6.17. The summed E-state index contributed by atoms with van der Waals surface area (Å²) < 4.78 is 0. The minimum atomic E-state index is -1.46. The van der Waals surface area contributed by atoms with Gasteiger partial charge in [-0.15, -0.1) is 0 Å². The predicted octanol–water partition coefficient (Wildman–Crippen LogP) is -1.74. The highest BCUT2D eigenvalue weighted by Gasteiger charge is 2.17. The Bertz CT molecular complexity index is 472. The predicted molar refractivity (Wildman–Crippen MR) is 65.9 cm³/mol. The molecule has 0 aliphatic carbocycles. The number of aliphatic hydroxyl groups excluding tert-OH is 2. The van der Waals surface area contributed by atoms with Crippen LogP contribution in [0.2, 0.25) is 0 Å². The molecule has 0 amide bonds. The summed E-state index contributed by atoms with van der Waals surface area (Å²) >= 11 is 0. The Balaban J connectivity index is 3.53. The highest BCUT2D eigenvalue weighted by atomic mass is 16.4. The van der Waals surface area contributed by atoms with Crippen LogP contribution in [0.25, 0.3) is 0 Å². The third kappa shape index (κ3) is 3.79. The van der Waals surface area contributed by atoms with Crippen LogP contribution >= 0.6 is 0 Å². The van der Waals surface area contributed by atoms with Crippen LogP contribution in [-0.2, 0) is 12.8 Å². The lowest BCUT2D eigenvalue weighted by Crippen LogP contribution is -2.29. The molecule has 20 heavy (non-hydrogen) atoms. The van der Waals surface area contributed by atoms with Crippen LogP contribution in [0.1, 0.15) is 45.7 Å². The van der Waals surface area contributed by atoms with E-state index in [2.05, 4.69) is 0 Å². The van der Waals surface area contributed by atoms with Gasteiger partial charge in [0, 0.05) is 11.1 Å². The molecule has 6 nitrogen and oxygen atoms in total. The quantitative estimate of drug-likeness (QED) is 0.638. The highest BCUT2D eigenvalue weighted by molar-refractivity contribution is 5.93. The van der Waals surface area contributed by atoms with Crippen LogP contribution < -0.4 is 10.2 Å². The van der Waals surface area contributed by atoms with Crippen molar-refractivity contribution in [1.29, 1.82) is 0 Å². The fourth-order valence-corrected chi connectivity index (χ4v) is 2.13. The van der Waals surface area contributed by atoms with Crippen molar-refractivity contribution < 1.29 is 30.0 Å². The van der Waals surface area contributed by atoms with E-state index in [0.717, 1.165) is 12.1 Å². The number of carbonyl (C=O) groups is 2. The SMILES string of the molecule is CC(O)Cc1c(C(=O)[O-])ccc(C(=O)[O-])c1CC(C)O. The molecule has 0 saturated carbocycles. The summed E-state index contributed by atoms with van der Waals surface area (Å²) in [7, 11) is 0. The Hall–Kier alpha value is -1.92. The van der Waals surface area contributed by atoms with Gasteiger partial charge in [-0.25, -0.2) is 0 Å². The molecule has 110 valence electrons. The largest absolute Gasteiger partial charge is 0.545 e. The van der Waals surface area contributed by atoms with Gasteiger partial charge in [0.2, 0.25) is 0 Å². The second kappa shape index (κ2) is 6.49. The minimum absolute atomic E-state index is 0.0491. The molecule has 0 bridgehead atoms. The molecule has 2 atom stereocenters. The average Bonchev–Trinajstić information content (AvgIpc) is 2.28. The lowest BCUT2D eigenvalue weighted by molar-refractivity contribution is -0.256. The van der Waals surface area contributed by atoms with Gasteiger partial charge < -0.3 is 30.0 Å². The van der Waals surface area contributed by atoms with Crippen LogP contribution in [0.5, 0.6) is 0 Å². The number of aliphatic hydroxyl groups is 2. The number of hydrogen-bond acceptors (Lipinski definition) is 6. The first-order valence-electron chi connectivity index (χ1n) is 6.17. The zero-order chi connectivity index (χ0) is 15.4. The molecule has 0 aliphatic heterocycles. The molecule has 2 unspecified atom stereocenters. The van der Waals surface area contributed by atoms with E-state index in [1.165, 1.54) is 13.8 Å². The Morgan fingerprint density at radius 3 is 1.45 bits per heavy atom. The Morgan fingerprint density at radius 2 is 1.25 bits per heavy atom. The molecule has 1 aromatic rings. The molecule has 1 rings (SSSR count). The van der Waals surface area contributed by atoms with E-state index in [-0.39, 0.29) is 35.1 Å². The van der Waals surface area contributed by atoms with E-state index in [1.54, 1.807) is 0 Å². The van der Waals surface area contributed by atoms with Gasteiger partial charge in [-0.05, 0) is 37.8 Å². The van der Waals surface area contributed by atoms with Crippen LogP contribution in [0.4, 0.5) is 0 Å². The maximum atomic E-state index is 11.1. The van der Waals surface area contributed by atoms with Crippen molar-refractivity contribution in [3.63, 3.8) is 0 Å². The Labute approximate surface area is 116 Å². The number of rotatable bonds is 6. The van der Waals surface area contributed by atoms with Gasteiger partial charge in [-0.2, -0.15) is 0 Å². The van der Waals surface area contributed by atoms with E-state index in [4.69, 9.17) is 0 Å². The fraction of sp³-hybridized carbons (Fsp3) is 0.429. The zero-order valence-corrected chi connectivity index (χ0v) is 11.3. The molecule has 0 heterocycles. The van der Waals surface area contributed by atoms with Crippen LogP contribution in [0.15, 0.2) is 12.1 Å². The van der Waals surface area contributed by atoms with Crippen molar-refractivity contribution in [2.24, 2.45) is 0 Å². The van der Waals surface area contributed by atoms with E-state index in [9.17, 15) is 30.0 Å². The van der Waals surface area contributed by atoms with Crippen molar-refractivity contribution in [2.45, 2.75) is 38.9 Å². The molecule has 0 aliphatic rings. The van der Waals surface area contributed by atoms with Crippen molar-refractivity contribution in [3.8, 4) is 0 Å². The third-order valence-corrected chi connectivity index (χ3v) is 2.87. The van der Waals surface area contributed by atoms with Crippen LogP contribution in [-0.4, -0.2) is 34.4 Å². The number of benzene rings is 1. The zero-order valence-electron chi connectivity index (χ0n) is 11.3. The maximum absolute atomic E-state index is 11.1. The summed E-state index contributed by atoms with van der Waals surface area (Å²) in [5.41, 5.74) is -0.0664. The van der Waals surface area contributed by atoms with E-state index in [1.807, 2.05) is 0 Å². The van der Waals surface area contributed by atoms with Gasteiger partial charge in [-0.1, -0.05) is 12.1 Å². The molecule has 6 heteroatoms. The number of carboxylic acids is 2. The molecule has 0 spiro atoms.